The van der Waals surface area contributed by atoms with E-state index in [4.69, 9.17) is 0 Å². The van der Waals surface area contributed by atoms with Gasteiger partial charge in [0.15, 0.2) is 0 Å². The minimum atomic E-state index is 0.590. The molecule has 1 aliphatic rings. The van der Waals surface area contributed by atoms with Crippen LogP contribution in [0.5, 0.6) is 0 Å². The fourth-order valence-corrected chi connectivity index (χ4v) is 3.20. The summed E-state index contributed by atoms with van der Waals surface area (Å²) in [5, 5.41) is 3.74. The summed E-state index contributed by atoms with van der Waals surface area (Å²) in [7, 11) is 0. The van der Waals surface area contributed by atoms with E-state index in [2.05, 4.69) is 33.0 Å². The zero-order chi connectivity index (χ0) is 12.0. The van der Waals surface area contributed by atoms with Gasteiger partial charge in [0.05, 0.1) is 0 Å². The molecule has 0 aromatic carbocycles. The van der Waals surface area contributed by atoms with Crippen LogP contribution < -0.4 is 5.32 Å². The van der Waals surface area contributed by atoms with Crippen LogP contribution in [0.15, 0.2) is 0 Å². The molecule has 1 saturated carbocycles. The van der Waals surface area contributed by atoms with Crippen LogP contribution in [0.4, 0.5) is 0 Å². The van der Waals surface area contributed by atoms with Gasteiger partial charge in [-0.05, 0) is 37.1 Å². The molecule has 0 radical (unpaired) electrons. The summed E-state index contributed by atoms with van der Waals surface area (Å²) in [4.78, 5) is 0. The number of rotatable bonds is 7. The molecule has 0 aliphatic heterocycles. The zero-order valence-corrected chi connectivity index (χ0v) is 11.8. The molecular weight excluding hydrogens is 194 g/mol. The summed E-state index contributed by atoms with van der Waals surface area (Å²) in [5.74, 6) is 0.860. The van der Waals surface area contributed by atoms with Gasteiger partial charge < -0.3 is 5.32 Å². The third kappa shape index (κ3) is 4.08. The lowest BCUT2D eigenvalue weighted by atomic mass is 9.78. The molecule has 16 heavy (non-hydrogen) atoms. The van der Waals surface area contributed by atoms with E-state index in [0.717, 1.165) is 18.5 Å². The van der Waals surface area contributed by atoms with Gasteiger partial charge in [-0.25, -0.2) is 0 Å². The molecule has 0 bridgehead atoms. The summed E-state index contributed by atoms with van der Waals surface area (Å²) in [6, 6.07) is 0.763. The molecule has 1 fully saturated rings. The van der Waals surface area contributed by atoms with Crippen LogP contribution in [0.25, 0.3) is 0 Å². The van der Waals surface area contributed by atoms with Crippen LogP contribution in [-0.2, 0) is 0 Å². The van der Waals surface area contributed by atoms with Gasteiger partial charge >= 0.3 is 0 Å². The van der Waals surface area contributed by atoms with Crippen molar-refractivity contribution in [1.82, 2.24) is 5.32 Å². The molecule has 0 saturated heterocycles. The number of nitrogens with one attached hydrogen (secondary N) is 1. The molecule has 0 amide bonds. The topological polar surface area (TPSA) is 12.0 Å². The summed E-state index contributed by atoms with van der Waals surface area (Å²) in [5.41, 5.74) is 0.590. The second kappa shape index (κ2) is 6.64. The van der Waals surface area contributed by atoms with E-state index in [1.54, 1.807) is 0 Å². The number of hydrogen-bond acceptors (Lipinski definition) is 1. The molecule has 1 heteroatoms. The Morgan fingerprint density at radius 2 is 1.75 bits per heavy atom. The summed E-state index contributed by atoms with van der Waals surface area (Å²) < 4.78 is 0. The Bertz CT molecular complexity index is 180. The third-order valence-corrected chi connectivity index (χ3v) is 4.31. The lowest BCUT2D eigenvalue weighted by molar-refractivity contribution is 0.207. The van der Waals surface area contributed by atoms with Crippen LogP contribution in [0.1, 0.15) is 72.6 Å². The SMILES string of the molecule is CCNC(CCCC(C)C)C1(C)CCCC1. The van der Waals surface area contributed by atoms with Gasteiger partial charge in [-0.2, -0.15) is 0 Å². The van der Waals surface area contributed by atoms with Crippen LogP contribution in [0.3, 0.4) is 0 Å². The summed E-state index contributed by atoms with van der Waals surface area (Å²) >= 11 is 0. The Balaban J connectivity index is 2.40. The van der Waals surface area contributed by atoms with Crippen molar-refractivity contribution in [2.45, 2.75) is 78.7 Å². The first-order valence-electron chi connectivity index (χ1n) is 7.32. The first-order chi connectivity index (χ1) is 7.58. The molecule has 0 heterocycles. The molecule has 0 aromatic rings. The maximum absolute atomic E-state index is 3.74. The minimum absolute atomic E-state index is 0.590. The quantitative estimate of drug-likeness (QED) is 0.678. The Hall–Kier alpha value is -0.0400. The Morgan fingerprint density at radius 1 is 1.12 bits per heavy atom. The molecular formula is C15H31N. The third-order valence-electron chi connectivity index (χ3n) is 4.31. The highest BCUT2D eigenvalue weighted by atomic mass is 14.9. The van der Waals surface area contributed by atoms with Crippen molar-refractivity contribution in [3.8, 4) is 0 Å². The highest BCUT2D eigenvalue weighted by Crippen LogP contribution is 2.42. The highest BCUT2D eigenvalue weighted by Gasteiger charge is 2.35. The van der Waals surface area contributed by atoms with Gasteiger partial charge in [0.25, 0.3) is 0 Å². The van der Waals surface area contributed by atoms with E-state index in [0.29, 0.717) is 5.41 Å². The first kappa shape index (κ1) is 14.0. The largest absolute Gasteiger partial charge is 0.314 e. The Kier molecular flexibility index (Phi) is 5.82. The smallest absolute Gasteiger partial charge is 0.0121 e. The Labute approximate surface area is 102 Å². The monoisotopic (exact) mass is 225 g/mol. The average molecular weight is 225 g/mol. The maximum Gasteiger partial charge on any atom is 0.0121 e. The molecule has 0 aromatic heterocycles. The van der Waals surface area contributed by atoms with Crippen molar-refractivity contribution in [2.24, 2.45) is 11.3 Å². The van der Waals surface area contributed by atoms with Gasteiger partial charge in [0.2, 0.25) is 0 Å². The summed E-state index contributed by atoms with van der Waals surface area (Å²) in [6.45, 7) is 10.5. The lowest BCUT2D eigenvalue weighted by Crippen LogP contribution is -2.42. The first-order valence-corrected chi connectivity index (χ1v) is 7.32. The fourth-order valence-electron chi connectivity index (χ4n) is 3.20. The standard InChI is InChI=1S/C15H31N/c1-5-16-14(10-8-9-13(2)3)15(4)11-6-7-12-15/h13-14,16H,5-12H2,1-4H3. The predicted octanol–water partition coefficient (Wildman–Crippen LogP) is 4.37. The van der Waals surface area contributed by atoms with E-state index in [9.17, 15) is 0 Å². The van der Waals surface area contributed by atoms with Crippen molar-refractivity contribution in [3.05, 3.63) is 0 Å². The maximum atomic E-state index is 3.74. The normalized spacial score (nSPS) is 21.6. The van der Waals surface area contributed by atoms with E-state index in [1.165, 1.54) is 44.9 Å². The van der Waals surface area contributed by atoms with Gasteiger partial charge in [-0.1, -0.05) is 53.4 Å². The van der Waals surface area contributed by atoms with Crippen LogP contribution in [0.2, 0.25) is 0 Å². The van der Waals surface area contributed by atoms with Crippen LogP contribution in [-0.4, -0.2) is 12.6 Å². The fraction of sp³-hybridized carbons (Fsp3) is 1.00. The van der Waals surface area contributed by atoms with Crippen molar-refractivity contribution < 1.29 is 0 Å². The van der Waals surface area contributed by atoms with E-state index in [-0.39, 0.29) is 0 Å². The van der Waals surface area contributed by atoms with E-state index in [1.807, 2.05) is 0 Å². The zero-order valence-electron chi connectivity index (χ0n) is 11.8. The van der Waals surface area contributed by atoms with Gasteiger partial charge in [0, 0.05) is 6.04 Å². The van der Waals surface area contributed by atoms with E-state index < -0.39 is 0 Å². The molecule has 1 nitrogen and oxygen atoms in total. The predicted molar refractivity (Wildman–Crippen MR) is 72.7 cm³/mol. The second-order valence-corrected chi connectivity index (χ2v) is 6.30. The summed E-state index contributed by atoms with van der Waals surface area (Å²) in [6.07, 6.45) is 9.93. The van der Waals surface area contributed by atoms with Crippen molar-refractivity contribution in [3.63, 3.8) is 0 Å². The molecule has 1 rings (SSSR count). The second-order valence-electron chi connectivity index (χ2n) is 6.30. The van der Waals surface area contributed by atoms with Crippen LogP contribution >= 0.6 is 0 Å². The van der Waals surface area contributed by atoms with Crippen molar-refractivity contribution >= 4 is 0 Å². The molecule has 1 aliphatic carbocycles. The molecule has 1 atom stereocenters. The van der Waals surface area contributed by atoms with Crippen molar-refractivity contribution in [1.29, 1.82) is 0 Å². The molecule has 0 spiro atoms. The lowest BCUT2D eigenvalue weighted by Gasteiger charge is -2.35. The average Bonchev–Trinajstić information content (AvgIpc) is 2.65. The molecule has 1 N–H and O–H groups in total. The number of hydrogen-bond donors (Lipinski definition) is 1. The Morgan fingerprint density at radius 3 is 2.25 bits per heavy atom. The van der Waals surface area contributed by atoms with Gasteiger partial charge in [-0.15, -0.1) is 0 Å². The van der Waals surface area contributed by atoms with Crippen molar-refractivity contribution in [2.75, 3.05) is 6.54 Å². The van der Waals surface area contributed by atoms with E-state index >= 15 is 0 Å². The van der Waals surface area contributed by atoms with Crippen LogP contribution in [0, 0.1) is 11.3 Å². The van der Waals surface area contributed by atoms with Gasteiger partial charge in [-0.3, -0.25) is 0 Å². The molecule has 96 valence electrons. The molecule has 1 unspecified atom stereocenters. The van der Waals surface area contributed by atoms with Gasteiger partial charge in [0.1, 0.15) is 0 Å². The highest BCUT2D eigenvalue weighted by molar-refractivity contribution is 4.91. The minimum Gasteiger partial charge on any atom is -0.314 e.